The van der Waals surface area contributed by atoms with Crippen molar-refractivity contribution in [3.05, 3.63) is 53.9 Å². The predicted octanol–water partition coefficient (Wildman–Crippen LogP) is 2.60. The van der Waals surface area contributed by atoms with Gasteiger partial charge in [-0.25, -0.2) is 4.39 Å². The van der Waals surface area contributed by atoms with Crippen LogP contribution in [0.3, 0.4) is 0 Å². The molecule has 1 aliphatic rings. The number of halogens is 3. The van der Waals surface area contributed by atoms with Crippen LogP contribution in [0, 0.1) is 0 Å². The van der Waals surface area contributed by atoms with Crippen molar-refractivity contribution in [2.45, 2.75) is 31.5 Å². The maximum absolute atomic E-state index is 13.2. The Hall–Kier alpha value is -2.49. The molecule has 0 radical (unpaired) electrons. The van der Waals surface area contributed by atoms with Crippen molar-refractivity contribution >= 4 is 5.91 Å². The van der Waals surface area contributed by atoms with Crippen LogP contribution in [-0.2, 0) is 11.3 Å². The molecule has 168 valence electrons. The molecule has 1 aliphatic heterocycles. The van der Waals surface area contributed by atoms with Crippen molar-refractivity contribution in [2.24, 2.45) is 0 Å². The smallest absolute Gasteiger partial charge is 0.315 e. The second-order valence-corrected chi connectivity index (χ2v) is 7.80. The number of carbonyl (C=O) groups excluding carboxylic acids is 1. The molecule has 1 amide bonds. The fourth-order valence-corrected chi connectivity index (χ4v) is 3.65. The highest BCUT2D eigenvalue weighted by Gasteiger charge is 2.26. The van der Waals surface area contributed by atoms with Crippen molar-refractivity contribution in [2.75, 3.05) is 33.5 Å². The summed E-state index contributed by atoms with van der Waals surface area (Å²) in [5, 5.41) is 12.1. The second-order valence-electron chi connectivity index (χ2n) is 7.80. The van der Waals surface area contributed by atoms with Crippen LogP contribution >= 0.6 is 0 Å². The van der Waals surface area contributed by atoms with Gasteiger partial charge in [-0.15, -0.1) is 0 Å². The Balaban J connectivity index is 1.63. The highest BCUT2D eigenvalue weighted by Crippen LogP contribution is 2.24. The van der Waals surface area contributed by atoms with E-state index in [1.807, 2.05) is 17.4 Å². The molecule has 1 aromatic heterocycles. The van der Waals surface area contributed by atoms with E-state index in [2.05, 4.69) is 21.8 Å². The Morgan fingerprint density at radius 2 is 1.87 bits per heavy atom. The zero-order chi connectivity index (χ0) is 22.4. The lowest BCUT2D eigenvalue weighted by Gasteiger charge is -2.32. The molecule has 2 aromatic rings. The third-order valence-corrected chi connectivity index (χ3v) is 5.32. The summed E-state index contributed by atoms with van der Waals surface area (Å²) in [5.74, 6) is -1.61. The van der Waals surface area contributed by atoms with Gasteiger partial charge >= 0.3 is 6.43 Å². The minimum absolute atomic E-state index is 0.319. The van der Waals surface area contributed by atoms with Gasteiger partial charge in [0.2, 0.25) is 0 Å². The third-order valence-electron chi connectivity index (χ3n) is 5.32. The molecule has 1 fully saturated rings. The average molecular weight is 436 g/mol. The first-order valence-electron chi connectivity index (χ1n) is 10.2. The van der Waals surface area contributed by atoms with E-state index < -0.39 is 31.2 Å². The number of aromatic nitrogens is 1. The number of rotatable bonds is 8. The first-order valence-corrected chi connectivity index (χ1v) is 10.2. The topological polar surface area (TPSA) is 68.7 Å². The van der Waals surface area contributed by atoms with Crippen LogP contribution in [0.25, 0.3) is 11.1 Å². The Kier molecular flexibility index (Phi) is 8.00. The van der Waals surface area contributed by atoms with E-state index in [0.29, 0.717) is 5.56 Å². The maximum atomic E-state index is 13.2. The van der Waals surface area contributed by atoms with Crippen LogP contribution in [0.2, 0.25) is 0 Å². The van der Waals surface area contributed by atoms with Gasteiger partial charge in [0, 0.05) is 31.4 Å². The lowest BCUT2D eigenvalue weighted by molar-refractivity contribution is -0.133. The van der Waals surface area contributed by atoms with Crippen LogP contribution in [0.15, 0.2) is 42.6 Å². The van der Waals surface area contributed by atoms with E-state index in [1.54, 1.807) is 30.5 Å². The molecule has 2 N–H and O–H groups in total. The average Bonchev–Trinajstić information content (AvgIpc) is 2.77. The van der Waals surface area contributed by atoms with E-state index in [1.165, 1.54) is 0 Å². The lowest BCUT2D eigenvalue weighted by Crippen LogP contribution is -2.43. The summed E-state index contributed by atoms with van der Waals surface area (Å²) in [6.07, 6.45) is -1.79. The number of amides is 1. The Morgan fingerprint density at radius 1 is 1.16 bits per heavy atom. The summed E-state index contributed by atoms with van der Waals surface area (Å²) in [6.45, 7) is 2.70. The van der Waals surface area contributed by atoms with Gasteiger partial charge < -0.3 is 10.4 Å². The molecule has 2 atom stereocenters. The van der Waals surface area contributed by atoms with Crippen molar-refractivity contribution in [1.29, 1.82) is 0 Å². The largest absolute Gasteiger partial charge is 0.386 e. The molecule has 31 heavy (non-hydrogen) atoms. The zero-order valence-corrected chi connectivity index (χ0v) is 17.3. The van der Waals surface area contributed by atoms with E-state index in [4.69, 9.17) is 0 Å². The summed E-state index contributed by atoms with van der Waals surface area (Å²) in [7, 11) is 2.10. The molecule has 1 saturated heterocycles. The number of aliphatic hydroxyl groups is 1. The first kappa shape index (κ1) is 23.2. The summed E-state index contributed by atoms with van der Waals surface area (Å²) in [4.78, 5) is 20.3. The van der Waals surface area contributed by atoms with E-state index >= 15 is 0 Å². The van der Waals surface area contributed by atoms with Crippen LogP contribution < -0.4 is 5.32 Å². The lowest BCUT2D eigenvalue weighted by atomic mass is 9.99. The van der Waals surface area contributed by atoms with Crippen molar-refractivity contribution in [3.8, 4) is 11.1 Å². The molecular weight excluding hydrogens is 409 g/mol. The Bertz CT molecular complexity index is 849. The minimum atomic E-state index is -3.27. The van der Waals surface area contributed by atoms with Crippen LogP contribution in [-0.4, -0.2) is 71.7 Å². The standard InChI is InChI=1S/C22H27F3N4O2/c1-28-9-2-10-29(14-28)13-18-8-7-17(12-26-18)15-3-5-16(6-4-15)20(30)19(11-23)27-22(31)21(24)25/h3-8,12,19-21,30H,2,9-11,13-14H2,1H3,(H,27,31). The molecule has 0 aliphatic carbocycles. The molecule has 3 rings (SSSR count). The minimum Gasteiger partial charge on any atom is -0.386 e. The molecule has 9 heteroatoms. The number of hydrogen-bond donors (Lipinski definition) is 2. The zero-order valence-electron chi connectivity index (χ0n) is 17.3. The van der Waals surface area contributed by atoms with Gasteiger partial charge in [-0.2, -0.15) is 8.78 Å². The number of hydrogen-bond acceptors (Lipinski definition) is 5. The Labute approximate surface area is 179 Å². The normalized spacial score (nSPS) is 17.5. The van der Waals surface area contributed by atoms with E-state index in [9.17, 15) is 23.1 Å². The monoisotopic (exact) mass is 436 g/mol. The third kappa shape index (κ3) is 6.25. The van der Waals surface area contributed by atoms with Gasteiger partial charge in [0.25, 0.3) is 5.91 Å². The number of carbonyl (C=O) groups is 1. The molecule has 0 spiro atoms. The fourth-order valence-electron chi connectivity index (χ4n) is 3.65. The van der Waals surface area contributed by atoms with E-state index in [0.717, 1.165) is 49.5 Å². The molecule has 1 aromatic carbocycles. The van der Waals surface area contributed by atoms with Crippen molar-refractivity contribution in [3.63, 3.8) is 0 Å². The summed E-state index contributed by atoms with van der Waals surface area (Å²) in [6, 6.07) is 9.13. The van der Waals surface area contributed by atoms with E-state index in [-0.39, 0.29) is 0 Å². The highest BCUT2D eigenvalue weighted by molar-refractivity contribution is 5.79. The molecular formula is C22H27F3N4O2. The SMILES string of the molecule is CN1CCCN(Cc2ccc(-c3ccc(C(O)C(CF)NC(=O)C(F)F)cc3)cn2)C1. The fraction of sp³-hybridized carbons (Fsp3) is 0.455. The molecule has 0 saturated carbocycles. The number of nitrogens with one attached hydrogen (secondary N) is 1. The number of pyridine rings is 1. The molecule has 2 unspecified atom stereocenters. The van der Waals surface area contributed by atoms with Gasteiger partial charge in [0.1, 0.15) is 12.8 Å². The predicted molar refractivity (Wildman–Crippen MR) is 111 cm³/mol. The highest BCUT2D eigenvalue weighted by atomic mass is 19.3. The molecule has 2 heterocycles. The first-order chi connectivity index (χ1) is 14.9. The molecule has 6 nitrogen and oxygen atoms in total. The quantitative estimate of drug-likeness (QED) is 0.666. The second kappa shape index (κ2) is 10.7. The Morgan fingerprint density at radius 3 is 2.45 bits per heavy atom. The van der Waals surface area contributed by atoms with Gasteiger partial charge in [0.05, 0.1) is 18.4 Å². The van der Waals surface area contributed by atoms with Gasteiger partial charge in [-0.3, -0.25) is 19.6 Å². The van der Waals surface area contributed by atoms with Crippen LogP contribution in [0.1, 0.15) is 23.8 Å². The maximum Gasteiger partial charge on any atom is 0.315 e. The van der Waals surface area contributed by atoms with Gasteiger partial charge in [-0.05, 0) is 30.7 Å². The summed E-state index contributed by atoms with van der Waals surface area (Å²) >= 11 is 0. The summed E-state index contributed by atoms with van der Waals surface area (Å²) in [5.41, 5.74) is 3.03. The van der Waals surface area contributed by atoms with Crippen molar-refractivity contribution < 1.29 is 23.1 Å². The summed E-state index contributed by atoms with van der Waals surface area (Å²) < 4.78 is 37.9. The molecule has 0 bridgehead atoms. The number of benzene rings is 1. The number of alkyl halides is 3. The van der Waals surface area contributed by atoms with Crippen LogP contribution in [0.4, 0.5) is 13.2 Å². The number of aliphatic hydroxyl groups excluding tert-OH is 1. The van der Waals surface area contributed by atoms with Gasteiger partial charge in [-0.1, -0.05) is 30.3 Å². The van der Waals surface area contributed by atoms with Crippen LogP contribution in [0.5, 0.6) is 0 Å². The number of nitrogens with zero attached hydrogens (tertiary/aromatic N) is 3. The van der Waals surface area contributed by atoms with Crippen molar-refractivity contribution in [1.82, 2.24) is 20.1 Å². The van der Waals surface area contributed by atoms with Gasteiger partial charge in [0.15, 0.2) is 0 Å².